The minimum atomic E-state index is -1.31. The fraction of sp³-hybridized carbons (Fsp3) is 0.471. The number of ether oxygens (including phenoxy) is 2. The second-order valence-corrected chi connectivity index (χ2v) is 8.30. The van der Waals surface area contributed by atoms with E-state index >= 15 is 0 Å². The van der Waals surface area contributed by atoms with Crippen molar-refractivity contribution in [3.8, 4) is 0 Å². The summed E-state index contributed by atoms with van der Waals surface area (Å²) in [6, 6.07) is -0.939. The molecule has 11 nitrogen and oxygen atoms in total. The predicted octanol–water partition coefficient (Wildman–Crippen LogP) is -0.105. The predicted molar refractivity (Wildman–Crippen MR) is 107 cm³/mol. The maximum atomic E-state index is 12.7. The SMILES string of the molecule is CON=C(C(=O)N[C@@H]1C(=O)N2C(C(=O)O)=C(COC(C)=O)CS[C@H]12)C1=CSCCO1. The van der Waals surface area contributed by atoms with Gasteiger partial charge in [0.05, 0.1) is 6.61 Å². The molecule has 0 saturated carbocycles. The molecule has 0 bridgehead atoms. The van der Waals surface area contributed by atoms with E-state index in [4.69, 9.17) is 14.3 Å². The number of carbonyl (C=O) groups is 4. The molecule has 3 aliphatic heterocycles. The summed E-state index contributed by atoms with van der Waals surface area (Å²) in [5.74, 6) is -1.90. The van der Waals surface area contributed by atoms with Crippen molar-refractivity contribution < 1.29 is 38.6 Å². The Balaban J connectivity index is 1.75. The van der Waals surface area contributed by atoms with E-state index in [1.54, 1.807) is 5.41 Å². The number of nitrogens with zero attached hydrogens (tertiary/aromatic N) is 2. The summed E-state index contributed by atoms with van der Waals surface area (Å²) in [5.41, 5.74) is -0.0196. The summed E-state index contributed by atoms with van der Waals surface area (Å²) in [6.45, 7) is 1.40. The molecule has 0 aromatic heterocycles. The van der Waals surface area contributed by atoms with Gasteiger partial charge in [-0.25, -0.2) is 4.79 Å². The summed E-state index contributed by atoms with van der Waals surface area (Å²) in [7, 11) is 1.28. The topological polar surface area (TPSA) is 144 Å². The Morgan fingerprint density at radius 1 is 1.43 bits per heavy atom. The number of thioether (sulfide) groups is 2. The highest BCUT2D eigenvalue weighted by Gasteiger charge is 2.54. The number of fused-ring (bicyclic) bond motifs is 1. The zero-order valence-electron chi connectivity index (χ0n) is 16.1. The summed E-state index contributed by atoms with van der Waals surface area (Å²) in [5, 5.41) is 16.9. The molecule has 3 heterocycles. The Labute approximate surface area is 179 Å². The van der Waals surface area contributed by atoms with Crippen LogP contribution in [0, 0.1) is 0 Å². The number of carbonyl (C=O) groups excluding carboxylic acids is 3. The highest BCUT2D eigenvalue weighted by Crippen LogP contribution is 2.40. The van der Waals surface area contributed by atoms with E-state index < -0.39 is 35.2 Å². The van der Waals surface area contributed by atoms with Crippen LogP contribution < -0.4 is 5.32 Å². The molecule has 2 N–H and O–H groups in total. The monoisotopic (exact) mass is 457 g/mol. The second-order valence-electron chi connectivity index (χ2n) is 6.22. The van der Waals surface area contributed by atoms with E-state index in [2.05, 4.69) is 10.5 Å². The molecule has 1 fully saturated rings. The number of aliphatic carboxylic acids is 1. The van der Waals surface area contributed by atoms with E-state index in [1.807, 2.05) is 0 Å². The number of carboxylic acid groups (broad SMARTS) is 1. The Kier molecular flexibility index (Phi) is 6.92. The van der Waals surface area contributed by atoms with Crippen molar-refractivity contribution in [2.75, 3.05) is 31.8 Å². The Morgan fingerprint density at radius 2 is 2.20 bits per heavy atom. The van der Waals surface area contributed by atoms with Gasteiger partial charge >= 0.3 is 11.9 Å². The molecule has 3 aliphatic rings. The molecule has 162 valence electrons. The van der Waals surface area contributed by atoms with E-state index in [1.165, 1.54) is 37.6 Å². The second kappa shape index (κ2) is 9.43. The van der Waals surface area contributed by atoms with Crippen LogP contribution in [0.3, 0.4) is 0 Å². The van der Waals surface area contributed by atoms with E-state index in [-0.39, 0.29) is 29.5 Å². The lowest BCUT2D eigenvalue weighted by molar-refractivity contribution is -0.150. The average Bonchev–Trinajstić information content (AvgIpc) is 2.73. The molecular weight excluding hydrogens is 438 g/mol. The third-order valence-electron chi connectivity index (χ3n) is 4.27. The lowest BCUT2D eigenvalue weighted by Gasteiger charge is -2.49. The van der Waals surface area contributed by atoms with Crippen molar-refractivity contribution in [3.63, 3.8) is 0 Å². The van der Waals surface area contributed by atoms with Crippen molar-refractivity contribution in [1.29, 1.82) is 0 Å². The molecule has 2 amide bonds. The number of hydrogen-bond acceptors (Lipinski definition) is 10. The summed E-state index contributed by atoms with van der Waals surface area (Å²) in [4.78, 5) is 53.9. The molecule has 0 aromatic rings. The minimum Gasteiger partial charge on any atom is -0.490 e. The molecular formula is C17H19N3O8S2. The fourth-order valence-corrected chi connectivity index (χ4v) is 4.93. The molecule has 0 spiro atoms. The zero-order chi connectivity index (χ0) is 21.8. The zero-order valence-corrected chi connectivity index (χ0v) is 17.7. The standard InChI is InChI=1S/C17H19N3O8S2/c1-8(21)28-5-9-6-30-16-12(15(23)20(16)13(9)17(24)25)18-14(22)11(19-26-2)10-7-29-4-3-27-10/h7,12,16H,3-6H2,1-2H3,(H,18,22)(H,24,25)/t12-,16-/m1/s1. The van der Waals surface area contributed by atoms with Crippen molar-refractivity contribution in [1.82, 2.24) is 10.2 Å². The van der Waals surface area contributed by atoms with Crippen LogP contribution in [-0.2, 0) is 33.5 Å². The minimum absolute atomic E-state index is 0.110. The first-order valence-electron chi connectivity index (χ1n) is 8.75. The Bertz CT molecular complexity index is 869. The average molecular weight is 457 g/mol. The number of rotatable bonds is 7. The summed E-state index contributed by atoms with van der Waals surface area (Å²) >= 11 is 2.72. The quantitative estimate of drug-likeness (QED) is 0.230. The van der Waals surface area contributed by atoms with Crippen LogP contribution in [0.25, 0.3) is 0 Å². The first-order chi connectivity index (χ1) is 14.3. The number of oxime groups is 1. The van der Waals surface area contributed by atoms with Crippen LogP contribution in [0.1, 0.15) is 6.92 Å². The smallest absolute Gasteiger partial charge is 0.352 e. The van der Waals surface area contributed by atoms with Gasteiger partial charge in [-0.1, -0.05) is 5.16 Å². The van der Waals surface area contributed by atoms with Gasteiger partial charge < -0.3 is 24.7 Å². The van der Waals surface area contributed by atoms with Crippen molar-refractivity contribution in [2.24, 2.45) is 5.16 Å². The lowest BCUT2D eigenvalue weighted by atomic mass is 10.0. The Morgan fingerprint density at radius 3 is 2.80 bits per heavy atom. The van der Waals surface area contributed by atoms with Crippen molar-refractivity contribution in [3.05, 3.63) is 22.4 Å². The maximum absolute atomic E-state index is 12.7. The van der Waals surface area contributed by atoms with Gasteiger partial charge in [-0.05, 0) is 0 Å². The number of hydrogen-bond donors (Lipinski definition) is 2. The van der Waals surface area contributed by atoms with Crippen LogP contribution in [0.4, 0.5) is 0 Å². The number of carboxylic acids is 1. The van der Waals surface area contributed by atoms with Gasteiger partial charge in [-0.2, -0.15) is 0 Å². The van der Waals surface area contributed by atoms with Crippen LogP contribution >= 0.6 is 23.5 Å². The number of nitrogens with one attached hydrogen (secondary N) is 1. The summed E-state index contributed by atoms with van der Waals surface area (Å²) < 4.78 is 10.3. The molecule has 0 aliphatic carbocycles. The molecule has 2 atom stereocenters. The van der Waals surface area contributed by atoms with E-state index in [9.17, 15) is 24.3 Å². The molecule has 1 saturated heterocycles. The maximum Gasteiger partial charge on any atom is 0.352 e. The van der Waals surface area contributed by atoms with Gasteiger partial charge in [-0.3, -0.25) is 19.3 Å². The highest BCUT2D eigenvalue weighted by molar-refractivity contribution is 8.02. The largest absolute Gasteiger partial charge is 0.490 e. The first-order valence-corrected chi connectivity index (χ1v) is 10.8. The van der Waals surface area contributed by atoms with Crippen LogP contribution in [0.5, 0.6) is 0 Å². The molecule has 0 unspecified atom stereocenters. The molecule has 13 heteroatoms. The van der Waals surface area contributed by atoms with Crippen molar-refractivity contribution in [2.45, 2.75) is 18.3 Å². The van der Waals surface area contributed by atoms with Gasteiger partial charge in [0.2, 0.25) is 5.71 Å². The van der Waals surface area contributed by atoms with Gasteiger partial charge in [0.1, 0.15) is 30.8 Å². The van der Waals surface area contributed by atoms with Crippen LogP contribution in [-0.4, -0.2) is 82.7 Å². The molecule has 0 aromatic carbocycles. The van der Waals surface area contributed by atoms with Crippen LogP contribution in [0.15, 0.2) is 27.6 Å². The Hall–Kier alpha value is -2.67. The highest BCUT2D eigenvalue weighted by atomic mass is 32.2. The van der Waals surface area contributed by atoms with E-state index in [0.29, 0.717) is 12.2 Å². The number of amides is 2. The lowest BCUT2D eigenvalue weighted by Crippen LogP contribution is -2.71. The fourth-order valence-electron chi connectivity index (χ4n) is 2.97. The van der Waals surface area contributed by atoms with Gasteiger partial charge in [0.25, 0.3) is 11.8 Å². The van der Waals surface area contributed by atoms with E-state index in [0.717, 1.165) is 10.7 Å². The molecule has 30 heavy (non-hydrogen) atoms. The molecule has 0 radical (unpaired) electrons. The third-order valence-corrected chi connectivity index (χ3v) is 6.39. The number of esters is 1. The first kappa shape index (κ1) is 22.0. The van der Waals surface area contributed by atoms with Crippen LogP contribution in [0.2, 0.25) is 0 Å². The third kappa shape index (κ3) is 4.41. The van der Waals surface area contributed by atoms with Gasteiger partial charge in [-0.15, -0.1) is 23.5 Å². The number of β-lactam (4-membered cyclic amide) rings is 1. The summed E-state index contributed by atoms with van der Waals surface area (Å²) in [6.07, 6.45) is 0. The molecule has 3 rings (SSSR count). The van der Waals surface area contributed by atoms with Crippen molar-refractivity contribution >= 4 is 53.0 Å². The van der Waals surface area contributed by atoms with Gasteiger partial charge in [0, 0.05) is 29.4 Å². The normalized spacial score (nSPS) is 23.5. The van der Waals surface area contributed by atoms with Gasteiger partial charge in [0.15, 0.2) is 5.76 Å².